The Balaban J connectivity index is 1.75. The zero-order valence-corrected chi connectivity index (χ0v) is 16.6. The third kappa shape index (κ3) is 3.21. The average Bonchev–Trinajstić information content (AvgIpc) is 3.29. The Morgan fingerprint density at radius 3 is 2.22 bits per heavy atom. The number of carbonyl (C=O) groups excluding carboxylic acids is 2. The number of anilines is 1. The van der Waals surface area contributed by atoms with Crippen molar-refractivity contribution in [2.75, 3.05) is 18.0 Å². The molecule has 0 aliphatic carbocycles. The monoisotopic (exact) mass is 380 g/mol. The minimum atomic E-state index is -0.208. The van der Waals surface area contributed by atoms with Crippen LogP contribution in [0.4, 0.5) is 5.69 Å². The van der Waals surface area contributed by atoms with E-state index in [1.54, 1.807) is 0 Å². The van der Waals surface area contributed by atoms with E-state index in [0.717, 1.165) is 30.8 Å². The summed E-state index contributed by atoms with van der Waals surface area (Å²) >= 11 is 1.51. The molecular formula is C22H24N2O2S. The fourth-order valence-corrected chi connectivity index (χ4v) is 4.58. The Hall–Kier alpha value is -2.40. The van der Waals surface area contributed by atoms with E-state index in [-0.39, 0.29) is 11.8 Å². The summed E-state index contributed by atoms with van der Waals surface area (Å²) in [6.45, 7) is 5.94. The average molecular weight is 381 g/mol. The van der Waals surface area contributed by atoms with Crippen molar-refractivity contribution in [1.29, 1.82) is 0 Å². The molecule has 27 heavy (non-hydrogen) atoms. The lowest BCUT2D eigenvalue weighted by Gasteiger charge is -2.29. The largest absolute Gasteiger partial charge is 0.366 e. The van der Waals surface area contributed by atoms with Gasteiger partial charge in [0, 0.05) is 18.0 Å². The molecular weight excluding hydrogens is 356 g/mol. The summed E-state index contributed by atoms with van der Waals surface area (Å²) in [7, 11) is 0. The number of rotatable bonds is 4. The summed E-state index contributed by atoms with van der Waals surface area (Å²) in [5.74, 6) is 0.00987. The number of imide groups is 1. The van der Waals surface area contributed by atoms with Crippen LogP contribution in [0.2, 0.25) is 0 Å². The maximum absolute atomic E-state index is 13.4. The number of carbonyl (C=O) groups is 2. The predicted molar refractivity (Wildman–Crippen MR) is 110 cm³/mol. The Labute approximate surface area is 164 Å². The maximum Gasteiger partial charge on any atom is 0.282 e. The van der Waals surface area contributed by atoms with Crippen LogP contribution in [-0.4, -0.2) is 29.8 Å². The first kappa shape index (κ1) is 18.0. The van der Waals surface area contributed by atoms with E-state index >= 15 is 0 Å². The molecule has 2 aromatic rings. The predicted octanol–water partition coefficient (Wildman–Crippen LogP) is 4.64. The molecule has 0 unspecified atom stereocenters. The highest BCUT2D eigenvalue weighted by Gasteiger charge is 2.43. The molecule has 2 amide bonds. The quantitative estimate of drug-likeness (QED) is 0.726. The highest BCUT2D eigenvalue weighted by atomic mass is 32.1. The van der Waals surface area contributed by atoms with Gasteiger partial charge in [0.2, 0.25) is 0 Å². The number of nitrogens with zero attached hydrogens (tertiary/aromatic N) is 2. The minimum absolute atomic E-state index is 0.192. The van der Waals surface area contributed by atoms with E-state index in [2.05, 4.69) is 18.7 Å². The second-order valence-electron chi connectivity index (χ2n) is 7.44. The lowest BCUT2D eigenvalue weighted by molar-refractivity contribution is -0.120. The summed E-state index contributed by atoms with van der Waals surface area (Å²) < 4.78 is 0. The van der Waals surface area contributed by atoms with Gasteiger partial charge in [-0.25, -0.2) is 4.90 Å². The second-order valence-corrected chi connectivity index (χ2v) is 8.39. The topological polar surface area (TPSA) is 40.6 Å². The van der Waals surface area contributed by atoms with Gasteiger partial charge in [0.25, 0.3) is 11.8 Å². The van der Waals surface area contributed by atoms with E-state index < -0.39 is 0 Å². The first-order valence-corrected chi connectivity index (χ1v) is 10.5. The van der Waals surface area contributed by atoms with Gasteiger partial charge in [0.05, 0.1) is 11.3 Å². The fraction of sp³-hybridized carbons (Fsp3) is 0.364. The van der Waals surface area contributed by atoms with E-state index in [4.69, 9.17) is 0 Å². The SMILES string of the molecule is CC(C)c1ccc(N2C(=O)C(c3cccs3)=C(N3CCCCC3)C2=O)cc1. The van der Waals surface area contributed by atoms with Gasteiger partial charge in [0.15, 0.2) is 0 Å². The van der Waals surface area contributed by atoms with Gasteiger partial charge in [-0.3, -0.25) is 9.59 Å². The van der Waals surface area contributed by atoms with Crippen molar-refractivity contribution >= 4 is 34.4 Å². The third-order valence-corrected chi connectivity index (χ3v) is 6.20. The summed E-state index contributed by atoms with van der Waals surface area (Å²) in [4.78, 5) is 31.0. The molecule has 3 heterocycles. The first-order chi connectivity index (χ1) is 13.1. The summed E-state index contributed by atoms with van der Waals surface area (Å²) in [5, 5.41) is 1.95. The molecule has 2 aliphatic rings. The molecule has 0 bridgehead atoms. The van der Waals surface area contributed by atoms with Crippen LogP contribution in [-0.2, 0) is 9.59 Å². The van der Waals surface area contributed by atoms with E-state index in [1.807, 2.05) is 41.8 Å². The number of hydrogen-bond donors (Lipinski definition) is 0. The van der Waals surface area contributed by atoms with Gasteiger partial charge in [0.1, 0.15) is 5.70 Å². The number of thiophene rings is 1. The van der Waals surface area contributed by atoms with Crippen molar-refractivity contribution < 1.29 is 9.59 Å². The number of amides is 2. The molecule has 0 N–H and O–H groups in total. The van der Waals surface area contributed by atoms with Gasteiger partial charge in [-0.05, 0) is 54.3 Å². The summed E-state index contributed by atoms with van der Waals surface area (Å²) in [5.41, 5.74) is 2.98. The zero-order valence-electron chi connectivity index (χ0n) is 15.8. The Morgan fingerprint density at radius 2 is 1.63 bits per heavy atom. The van der Waals surface area contributed by atoms with Gasteiger partial charge in [-0.1, -0.05) is 32.0 Å². The van der Waals surface area contributed by atoms with Crippen molar-refractivity contribution in [2.24, 2.45) is 0 Å². The number of piperidine rings is 1. The Morgan fingerprint density at radius 1 is 0.926 bits per heavy atom. The van der Waals surface area contributed by atoms with Crippen LogP contribution < -0.4 is 4.90 Å². The van der Waals surface area contributed by atoms with Crippen molar-refractivity contribution in [2.45, 2.75) is 39.0 Å². The molecule has 0 radical (unpaired) electrons. The van der Waals surface area contributed by atoms with Crippen LogP contribution in [0.25, 0.3) is 5.57 Å². The van der Waals surface area contributed by atoms with Crippen LogP contribution in [0.5, 0.6) is 0 Å². The van der Waals surface area contributed by atoms with E-state index in [1.165, 1.54) is 28.2 Å². The lowest BCUT2D eigenvalue weighted by Crippen LogP contribution is -2.37. The van der Waals surface area contributed by atoms with E-state index in [0.29, 0.717) is 22.9 Å². The highest BCUT2D eigenvalue weighted by Crippen LogP contribution is 2.37. The summed E-state index contributed by atoms with van der Waals surface area (Å²) in [6, 6.07) is 11.6. The molecule has 4 nitrogen and oxygen atoms in total. The van der Waals surface area contributed by atoms with Crippen molar-refractivity contribution in [3.05, 3.63) is 57.9 Å². The van der Waals surface area contributed by atoms with Gasteiger partial charge < -0.3 is 4.90 Å². The molecule has 1 aromatic heterocycles. The van der Waals surface area contributed by atoms with Gasteiger partial charge >= 0.3 is 0 Å². The molecule has 0 spiro atoms. The minimum Gasteiger partial charge on any atom is -0.366 e. The van der Waals surface area contributed by atoms with Crippen molar-refractivity contribution in [3.63, 3.8) is 0 Å². The number of likely N-dealkylation sites (tertiary alicyclic amines) is 1. The van der Waals surface area contributed by atoms with Crippen molar-refractivity contribution in [3.8, 4) is 0 Å². The molecule has 5 heteroatoms. The van der Waals surface area contributed by atoms with Gasteiger partial charge in [-0.15, -0.1) is 11.3 Å². The molecule has 0 saturated carbocycles. The lowest BCUT2D eigenvalue weighted by atomic mass is 10.0. The Kier molecular flexibility index (Phi) is 4.87. The highest BCUT2D eigenvalue weighted by molar-refractivity contribution is 7.11. The zero-order chi connectivity index (χ0) is 19.0. The molecule has 4 rings (SSSR count). The van der Waals surface area contributed by atoms with Crippen LogP contribution in [0.1, 0.15) is 49.5 Å². The molecule has 140 valence electrons. The third-order valence-electron chi connectivity index (χ3n) is 5.32. The van der Waals surface area contributed by atoms with Gasteiger partial charge in [-0.2, -0.15) is 0 Å². The van der Waals surface area contributed by atoms with Crippen LogP contribution in [0.15, 0.2) is 47.5 Å². The second kappa shape index (κ2) is 7.31. The van der Waals surface area contributed by atoms with Crippen LogP contribution in [0.3, 0.4) is 0 Å². The number of benzene rings is 1. The van der Waals surface area contributed by atoms with E-state index in [9.17, 15) is 9.59 Å². The molecule has 2 aliphatic heterocycles. The molecule has 1 aromatic carbocycles. The van der Waals surface area contributed by atoms with Crippen LogP contribution >= 0.6 is 11.3 Å². The van der Waals surface area contributed by atoms with Crippen molar-refractivity contribution in [1.82, 2.24) is 4.90 Å². The standard InChI is InChI=1S/C22H24N2O2S/c1-15(2)16-8-10-17(11-9-16)24-21(25)19(18-7-6-14-27-18)20(22(24)26)23-12-4-3-5-13-23/h6-11,14-15H,3-5,12-13H2,1-2H3. The maximum atomic E-state index is 13.4. The normalized spacial score (nSPS) is 18.2. The molecule has 1 fully saturated rings. The summed E-state index contributed by atoms with van der Waals surface area (Å²) in [6.07, 6.45) is 3.30. The fourth-order valence-electron chi connectivity index (χ4n) is 3.81. The molecule has 0 atom stereocenters. The smallest absolute Gasteiger partial charge is 0.282 e. The van der Waals surface area contributed by atoms with Crippen LogP contribution in [0, 0.1) is 0 Å². The first-order valence-electron chi connectivity index (χ1n) is 9.60. The molecule has 1 saturated heterocycles. The number of hydrogen-bond acceptors (Lipinski definition) is 4. The Bertz CT molecular complexity index is 876.